The highest BCUT2D eigenvalue weighted by Crippen LogP contribution is 2.35. The summed E-state index contributed by atoms with van der Waals surface area (Å²) >= 11 is 0. The average Bonchev–Trinajstić information content (AvgIpc) is 2.64. The summed E-state index contributed by atoms with van der Waals surface area (Å²) in [6, 6.07) is 2.55. The molecule has 2 N–H and O–H groups in total. The van der Waals surface area contributed by atoms with Crippen molar-refractivity contribution < 1.29 is 33.3 Å². The summed E-state index contributed by atoms with van der Waals surface area (Å²) in [5.41, 5.74) is 0.546. The van der Waals surface area contributed by atoms with Gasteiger partial charge < -0.3 is 24.3 Å². The lowest BCUT2D eigenvalue weighted by atomic mass is 10.1. The second-order valence-corrected chi connectivity index (χ2v) is 4.93. The Kier molecular flexibility index (Phi) is 7.94. The Balaban J connectivity index is 2.84. The molecule has 0 radical (unpaired) electrons. The highest BCUT2D eigenvalue weighted by molar-refractivity contribution is 5.98. The van der Waals surface area contributed by atoms with E-state index >= 15 is 0 Å². The first-order valence-electron chi connectivity index (χ1n) is 7.57. The molecule has 142 valence electrons. The molecular formula is C17H22N2O7. The van der Waals surface area contributed by atoms with E-state index in [1.807, 2.05) is 5.32 Å². The first-order valence-corrected chi connectivity index (χ1v) is 7.57. The molecular weight excluding hydrogens is 344 g/mol. The molecule has 0 spiro atoms. The first-order chi connectivity index (χ1) is 12.4. The largest absolute Gasteiger partial charge is 0.496 e. The maximum Gasteiger partial charge on any atom is 0.331 e. The van der Waals surface area contributed by atoms with Crippen LogP contribution in [0.3, 0.4) is 0 Å². The van der Waals surface area contributed by atoms with Gasteiger partial charge >= 0.3 is 12.0 Å². The Hall–Kier alpha value is -3.23. The summed E-state index contributed by atoms with van der Waals surface area (Å²) in [4.78, 5) is 34.6. The zero-order chi connectivity index (χ0) is 19.7. The molecule has 0 bridgehead atoms. The Labute approximate surface area is 151 Å². The number of hydrogen-bond donors (Lipinski definition) is 2. The third-order valence-electron chi connectivity index (χ3n) is 3.26. The van der Waals surface area contributed by atoms with Crippen LogP contribution in [0.25, 0.3) is 6.08 Å². The molecule has 0 aliphatic heterocycles. The van der Waals surface area contributed by atoms with E-state index in [0.717, 1.165) is 6.08 Å². The third-order valence-corrected chi connectivity index (χ3v) is 3.26. The van der Waals surface area contributed by atoms with E-state index in [2.05, 4.69) is 5.32 Å². The number of carbonyl (C=O) groups excluding carboxylic acids is 3. The van der Waals surface area contributed by atoms with Gasteiger partial charge in [0.25, 0.3) is 5.91 Å². The smallest absolute Gasteiger partial charge is 0.331 e. The molecule has 0 saturated carbocycles. The fraction of sp³-hybridized carbons (Fsp3) is 0.353. The molecule has 3 amide bonds. The number of hydrogen-bond acceptors (Lipinski definition) is 7. The maximum atomic E-state index is 11.9. The number of urea groups is 1. The Morgan fingerprint density at radius 1 is 1.00 bits per heavy atom. The number of rotatable bonds is 7. The SMILES string of the molecule is CNC(=O)NC(=O)C(C)OC(=O)/C=C/c1cc(OC)c(OC)cc1OC. The number of ether oxygens (including phenoxy) is 4. The molecule has 1 atom stereocenters. The minimum Gasteiger partial charge on any atom is -0.496 e. The summed E-state index contributed by atoms with van der Waals surface area (Å²) in [6.45, 7) is 1.35. The van der Waals surface area contributed by atoms with Crippen molar-refractivity contribution >= 4 is 24.0 Å². The third kappa shape index (κ3) is 5.69. The van der Waals surface area contributed by atoms with Crippen molar-refractivity contribution in [1.82, 2.24) is 10.6 Å². The standard InChI is InChI=1S/C17H22N2O7/c1-10(16(21)19-17(22)18-2)26-15(20)7-6-11-8-13(24-4)14(25-5)9-12(11)23-3/h6-10H,1-5H3,(H2,18,19,21,22)/b7-6+. The number of amides is 3. The zero-order valence-electron chi connectivity index (χ0n) is 15.2. The molecule has 9 heteroatoms. The van der Waals surface area contributed by atoms with Gasteiger partial charge in [-0.1, -0.05) is 0 Å². The summed E-state index contributed by atoms with van der Waals surface area (Å²) < 4.78 is 20.6. The van der Waals surface area contributed by atoms with Crippen molar-refractivity contribution in [2.24, 2.45) is 0 Å². The Bertz CT molecular complexity index is 701. The maximum absolute atomic E-state index is 11.9. The zero-order valence-corrected chi connectivity index (χ0v) is 15.2. The molecule has 9 nitrogen and oxygen atoms in total. The van der Waals surface area contributed by atoms with E-state index in [1.165, 1.54) is 41.4 Å². The lowest BCUT2D eigenvalue weighted by molar-refractivity contribution is -0.149. The van der Waals surface area contributed by atoms with E-state index < -0.39 is 24.0 Å². The van der Waals surface area contributed by atoms with E-state index in [0.29, 0.717) is 22.8 Å². The van der Waals surface area contributed by atoms with Gasteiger partial charge in [0.05, 0.1) is 21.3 Å². The van der Waals surface area contributed by atoms with Crippen LogP contribution in [0.5, 0.6) is 17.2 Å². The second-order valence-electron chi connectivity index (χ2n) is 4.93. The normalized spacial score (nSPS) is 11.4. The summed E-state index contributed by atoms with van der Waals surface area (Å²) in [5.74, 6) is -0.114. The van der Waals surface area contributed by atoms with Gasteiger partial charge in [0.2, 0.25) is 0 Å². The summed E-state index contributed by atoms with van der Waals surface area (Å²) in [6.07, 6.45) is 1.44. The van der Waals surface area contributed by atoms with Gasteiger partial charge in [-0.2, -0.15) is 0 Å². The predicted molar refractivity (Wildman–Crippen MR) is 93.3 cm³/mol. The van der Waals surface area contributed by atoms with Crippen molar-refractivity contribution in [3.63, 3.8) is 0 Å². The van der Waals surface area contributed by atoms with E-state index in [4.69, 9.17) is 18.9 Å². The van der Waals surface area contributed by atoms with Crippen molar-refractivity contribution in [1.29, 1.82) is 0 Å². The average molecular weight is 366 g/mol. The van der Waals surface area contributed by atoms with Crippen LogP contribution in [0, 0.1) is 0 Å². The Morgan fingerprint density at radius 2 is 1.58 bits per heavy atom. The van der Waals surface area contributed by atoms with Crippen LogP contribution in [0.15, 0.2) is 18.2 Å². The van der Waals surface area contributed by atoms with Gasteiger partial charge in [-0.15, -0.1) is 0 Å². The summed E-state index contributed by atoms with van der Waals surface area (Å²) in [5, 5.41) is 4.24. The van der Waals surface area contributed by atoms with Gasteiger partial charge in [-0.25, -0.2) is 9.59 Å². The number of imide groups is 1. The van der Waals surface area contributed by atoms with Crippen LogP contribution in [0.1, 0.15) is 12.5 Å². The number of benzene rings is 1. The van der Waals surface area contributed by atoms with Crippen LogP contribution in [-0.2, 0) is 14.3 Å². The van der Waals surface area contributed by atoms with E-state index in [-0.39, 0.29) is 0 Å². The first kappa shape index (κ1) is 20.8. The molecule has 1 aromatic carbocycles. The van der Waals surface area contributed by atoms with E-state index in [9.17, 15) is 14.4 Å². The fourth-order valence-electron chi connectivity index (χ4n) is 1.88. The van der Waals surface area contributed by atoms with Crippen molar-refractivity contribution in [2.75, 3.05) is 28.4 Å². The number of esters is 1. The molecule has 26 heavy (non-hydrogen) atoms. The predicted octanol–water partition coefficient (Wildman–Crippen LogP) is 1.11. The number of carbonyl (C=O) groups is 3. The van der Waals surface area contributed by atoms with Crippen LogP contribution in [-0.4, -0.2) is 52.4 Å². The van der Waals surface area contributed by atoms with Gasteiger partial charge in [0.15, 0.2) is 17.6 Å². The Morgan fingerprint density at radius 3 is 2.12 bits per heavy atom. The number of nitrogens with one attached hydrogen (secondary N) is 2. The van der Waals surface area contributed by atoms with Crippen molar-refractivity contribution in [3.8, 4) is 17.2 Å². The topological polar surface area (TPSA) is 112 Å². The molecule has 0 saturated heterocycles. The lowest BCUT2D eigenvalue weighted by Gasteiger charge is -2.12. The van der Waals surface area contributed by atoms with Gasteiger partial charge in [0.1, 0.15) is 5.75 Å². The minimum atomic E-state index is -1.14. The molecule has 0 heterocycles. The molecule has 0 aliphatic rings. The summed E-state index contributed by atoms with van der Waals surface area (Å²) in [7, 11) is 5.81. The fourth-order valence-corrected chi connectivity index (χ4v) is 1.88. The monoisotopic (exact) mass is 366 g/mol. The molecule has 1 rings (SSSR count). The highest BCUT2D eigenvalue weighted by atomic mass is 16.5. The minimum absolute atomic E-state index is 0.456. The van der Waals surface area contributed by atoms with Crippen LogP contribution >= 0.6 is 0 Å². The number of methoxy groups -OCH3 is 3. The van der Waals surface area contributed by atoms with E-state index in [1.54, 1.807) is 12.1 Å². The molecule has 0 aromatic heterocycles. The molecule has 0 fully saturated rings. The van der Waals surface area contributed by atoms with Gasteiger partial charge in [0, 0.05) is 24.8 Å². The molecule has 1 aromatic rings. The van der Waals surface area contributed by atoms with Crippen LogP contribution < -0.4 is 24.8 Å². The van der Waals surface area contributed by atoms with Crippen LogP contribution in [0.4, 0.5) is 4.79 Å². The van der Waals surface area contributed by atoms with Crippen LogP contribution in [0.2, 0.25) is 0 Å². The van der Waals surface area contributed by atoms with Gasteiger partial charge in [-0.05, 0) is 19.1 Å². The molecule has 0 aliphatic carbocycles. The van der Waals surface area contributed by atoms with Gasteiger partial charge in [-0.3, -0.25) is 10.1 Å². The second kappa shape index (κ2) is 9.92. The highest BCUT2D eigenvalue weighted by Gasteiger charge is 2.18. The van der Waals surface area contributed by atoms with Crippen molar-refractivity contribution in [2.45, 2.75) is 13.0 Å². The lowest BCUT2D eigenvalue weighted by Crippen LogP contribution is -2.43. The quantitative estimate of drug-likeness (QED) is 0.549. The van der Waals surface area contributed by atoms with Crippen molar-refractivity contribution in [3.05, 3.63) is 23.8 Å². The molecule has 1 unspecified atom stereocenters.